The topological polar surface area (TPSA) is 83.0 Å². The Hall–Kier alpha value is -2.37. The van der Waals surface area contributed by atoms with Crippen LogP contribution in [-0.4, -0.2) is 26.5 Å². The molecule has 0 atom stereocenters. The molecule has 0 fully saturated rings. The SMILES string of the molecule is Cc1c(-c2ccncc2)nn(C(=O)OC(C)(C)C)c1N. The van der Waals surface area contributed by atoms with Crippen LogP contribution in [0.2, 0.25) is 0 Å². The van der Waals surface area contributed by atoms with E-state index in [1.807, 2.05) is 19.1 Å². The summed E-state index contributed by atoms with van der Waals surface area (Å²) in [5.74, 6) is 0.283. The fourth-order valence-corrected chi connectivity index (χ4v) is 1.74. The molecule has 2 rings (SSSR count). The van der Waals surface area contributed by atoms with Gasteiger partial charge in [0, 0.05) is 23.5 Å². The van der Waals surface area contributed by atoms with Crippen LogP contribution in [0.25, 0.3) is 11.3 Å². The van der Waals surface area contributed by atoms with Gasteiger partial charge in [-0.05, 0) is 39.8 Å². The van der Waals surface area contributed by atoms with E-state index in [4.69, 9.17) is 10.5 Å². The van der Waals surface area contributed by atoms with Crippen molar-refractivity contribution >= 4 is 11.9 Å². The van der Waals surface area contributed by atoms with Crippen molar-refractivity contribution < 1.29 is 9.53 Å². The van der Waals surface area contributed by atoms with Gasteiger partial charge in [-0.3, -0.25) is 4.98 Å². The number of carbonyl (C=O) groups excluding carboxylic acids is 1. The quantitative estimate of drug-likeness (QED) is 0.864. The van der Waals surface area contributed by atoms with Gasteiger partial charge in [-0.25, -0.2) is 4.79 Å². The number of carbonyl (C=O) groups is 1. The lowest BCUT2D eigenvalue weighted by atomic mass is 10.1. The van der Waals surface area contributed by atoms with Crippen molar-refractivity contribution in [2.75, 3.05) is 5.73 Å². The third-order valence-electron chi connectivity index (χ3n) is 2.69. The monoisotopic (exact) mass is 274 g/mol. The van der Waals surface area contributed by atoms with Crippen molar-refractivity contribution in [3.05, 3.63) is 30.1 Å². The molecule has 0 aliphatic heterocycles. The number of aromatic nitrogens is 3. The van der Waals surface area contributed by atoms with E-state index in [1.165, 1.54) is 0 Å². The first-order valence-electron chi connectivity index (χ1n) is 6.28. The van der Waals surface area contributed by atoms with Gasteiger partial charge in [0.05, 0.1) is 5.69 Å². The molecule has 0 saturated carbocycles. The summed E-state index contributed by atoms with van der Waals surface area (Å²) in [5, 5.41) is 4.25. The molecule has 0 saturated heterocycles. The van der Waals surface area contributed by atoms with Crippen molar-refractivity contribution in [2.45, 2.75) is 33.3 Å². The second-order valence-electron chi connectivity index (χ2n) is 5.49. The Balaban J connectivity index is 2.41. The molecular formula is C14H18N4O2. The minimum Gasteiger partial charge on any atom is -0.442 e. The Morgan fingerprint density at radius 3 is 2.45 bits per heavy atom. The molecule has 2 aromatic heterocycles. The summed E-state index contributed by atoms with van der Waals surface area (Å²) in [7, 11) is 0. The number of nitrogens with two attached hydrogens (primary N) is 1. The van der Waals surface area contributed by atoms with E-state index >= 15 is 0 Å². The zero-order chi connectivity index (χ0) is 14.9. The highest BCUT2D eigenvalue weighted by Gasteiger charge is 2.23. The van der Waals surface area contributed by atoms with Crippen LogP contribution in [0.5, 0.6) is 0 Å². The van der Waals surface area contributed by atoms with E-state index in [0.717, 1.165) is 15.8 Å². The summed E-state index contributed by atoms with van der Waals surface area (Å²) in [6.07, 6.45) is 2.74. The minimum absolute atomic E-state index is 0.283. The number of anilines is 1. The van der Waals surface area contributed by atoms with Crippen molar-refractivity contribution in [1.29, 1.82) is 0 Å². The molecule has 0 unspecified atom stereocenters. The minimum atomic E-state index is -0.597. The predicted octanol–water partition coefficient (Wildman–Crippen LogP) is 2.62. The van der Waals surface area contributed by atoms with Crippen molar-refractivity contribution in [1.82, 2.24) is 14.8 Å². The van der Waals surface area contributed by atoms with Gasteiger partial charge >= 0.3 is 6.09 Å². The van der Waals surface area contributed by atoms with E-state index in [-0.39, 0.29) is 5.82 Å². The summed E-state index contributed by atoms with van der Waals surface area (Å²) < 4.78 is 6.37. The largest absolute Gasteiger partial charge is 0.442 e. The Labute approximate surface area is 117 Å². The van der Waals surface area contributed by atoms with Gasteiger partial charge in [0.2, 0.25) is 0 Å². The molecule has 0 radical (unpaired) electrons. The first-order chi connectivity index (χ1) is 9.29. The van der Waals surface area contributed by atoms with Crippen LogP contribution in [0.1, 0.15) is 26.3 Å². The molecule has 6 heteroatoms. The maximum Gasteiger partial charge on any atom is 0.437 e. The van der Waals surface area contributed by atoms with Crippen LogP contribution in [-0.2, 0) is 4.74 Å². The number of hydrogen-bond donors (Lipinski definition) is 1. The fourth-order valence-electron chi connectivity index (χ4n) is 1.74. The van der Waals surface area contributed by atoms with E-state index in [2.05, 4.69) is 10.1 Å². The fraction of sp³-hybridized carbons (Fsp3) is 0.357. The Morgan fingerprint density at radius 2 is 1.90 bits per heavy atom. The third-order valence-corrected chi connectivity index (χ3v) is 2.69. The molecule has 2 heterocycles. The zero-order valence-corrected chi connectivity index (χ0v) is 12.0. The molecule has 2 N–H and O–H groups in total. The average Bonchev–Trinajstić information content (AvgIpc) is 2.66. The van der Waals surface area contributed by atoms with E-state index in [1.54, 1.807) is 33.2 Å². The molecule has 0 spiro atoms. The Morgan fingerprint density at radius 1 is 1.30 bits per heavy atom. The number of pyridine rings is 1. The Kier molecular flexibility index (Phi) is 3.48. The maximum absolute atomic E-state index is 12.1. The van der Waals surface area contributed by atoms with Crippen molar-refractivity contribution in [3.63, 3.8) is 0 Å². The van der Waals surface area contributed by atoms with E-state index in [9.17, 15) is 4.79 Å². The lowest BCUT2D eigenvalue weighted by Gasteiger charge is -2.19. The van der Waals surface area contributed by atoms with E-state index < -0.39 is 11.7 Å². The van der Waals surface area contributed by atoms with Gasteiger partial charge in [0.1, 0.15) is 11.4 Å². The van der Waals surface area contributed by atoms with Crippen LogP contribution >= 0.6 is 0 Å². The zero-order valence-electron chi connectivity index (χ0n) is 12.0. The first-order valence-corrected chi connectivity index (χ1v) is 6.28. The molecule has 0 bridgehead atoms. The second-order valence-corrected chi connectivity index (χ2v) is 5.49. The lowest BCUT2D eigenvalue weighted by Crippen LogP contribution is -2.28. The lowest BCUT2D eigenvalue weighted by molar-refractivity contribution is 0.0519. The average molecular weight is 274 g/mol. The summed E-state index contributed by atoms with van der Waals surface area (Å²) in [6.45, 7) is 7.20. The van der Waals surface area contributed by atoms with Gasteiger partial charge in [-0.2, -0.15) is 5.10 Å². The standard InChI is InChI=1S/C14H18N4O2/c1-9-11(10-5-7-16-8-6-10)17-18(12(9)15)13(19)20-14(2,3)4/h5-8H,15H2,1-4H3. The molecule has 0 aliphatic carbocycles. The van der Waals surface area contributed by atoms with Crippen LogP contribution < -0.4 is 5.73 Å². The van der Waals surface area contributed by atoms with Gasteiger partial charge in [-0.15, -0.1) is 4.68 Å². The second kappa shape index (κ2) is 4.96. The highest BCUT2D eigenvalue weighted by molar-refractivity contribution is 5.79. The summed E-state index contributed by atoms with van der Waals surface area (Å²) in [4.78, 5) is 16.0. The highest BCUT2D eigenvalue weighted by atomic mass is 16.6. The molecule has 20 heavy (non-hydrogen) atoms. The first kappa shape index (κ1) is 14.0. The normalized spacial score (nSPS) is 11.4. The Bertz CT molecular complexity index is 627. The van der Waals surface area contributed by atoms with Gasteiger partial charge in [-0.1, -0.05) is 0 Å². The van der Waals surface area contributed by atoms with Crippen LogP contribution in [0.4, 0.5) is 10.6 Å². The molecule has 106 valence electrons. The smallest absolute Gasteiger partial charge is 0.437 e. The molecule has 0 amide bonds. The molecule has 0 aliphatic rings. The van der Waals surface area contributed by atoms with Crippen molar-refractivity contribution in [2.24, 2.45) is 0 Å². The van der Waals surface area contributed by atoms with Gasteiger partial charge in [0.15, 0.2) is 0 Å². The van der Waals surface area contributed by atoms with Gasteiger partial charge in [0.25, 0.3) is 0 Å². The van der Waals surface area contributed by atoms with Crippen LogP contribution in [0.15, 0.2) is 24.5 Å². The molecule has 2 aromatic rings. The molecule has 0 aromatic carbocycles. The van der Waals surface area contributed by atoms with Crippen molar-refractivity contribution in [3.8, 4) is 11.3 Å². The summed E-state index contributed by atoms with van der Waals surface area (Å²) in [5.41, 5.74) is 7.59. The predicted molar refractivity (Wildman–Crippen MR) is 76.2 cm³/mol. The molecular weight excluding hydrogens is 256 g/mol. The number of rotatable bonds is 1. The van der Waals surface area contributed by atoms with E-state index in [0.29, 0.717) is 5.69 Å². The summed E-state index contributed by atoms with van der Waals surface area (Å²) in [6, 6.07) is 3.63. The number of hydrogen-bond acceptors (Lipinski definition) is 5. The maximum atomic E-state index is 12.1. The van der Waals surface area contributed by atoms with Gasteiger partial charge < -0.3 is 10.5 Å². The number of nitrogens with zero attached hydrogens (tertiary/aromatic N) is 3. The summed E-state index contributed by atoms with van der Waals surface area (Å²) >= 11 is 0. The van der Waals surface area contributed by atoms with Crippen LogP contribution in [0.3, 0.4) is 0 Å². The third kappa shape index (κ3) is 2.79. The number of nitrogen functional groups attached to an aromatic ring is 1. The van der Waals surface area contributed by atoms with Crippen LogP contribution in [0, 0.1) is 6.92 Å². The number of ether oxygens (including phenoxy) is 1. The molecule has 6 nitrogen and oxygen atoms in total. The highest BCUT2D eigenvalue weighted by Crippen LogP contribution is 2.26.